The summed E-state index contributed by atoms with van der Waals surface area (Å²) in [6.07, 6.45) is 3.46. The Bertz CT molecular complexity index is 341. The Labute approximate surface area is 107 Å². The highest BCUT2D eigenvalue weighted by Gasteiger charge is 2.19. The van der Waals surface area contributed by atoms with Crippen LogP contribution >= 0.6 is 44.3 Å². The van der Waals surface area contributed by atoms with Crippen LogP contribution in [0.5, 0.6) is 0 Å². The lowest BCUT2D eigenvalue weighted by Crippen LogP contribution is -2.17. The molecular formula is C10H12Br2ClN. The van der Waals surface area contributed by atoms with E-state index in [1.54, 1.807) is 0 Å². The van der Waals surface area contributed by atoms with Gasteiger partial charge in [-0.05, 0) is 42.5 Å². The van der Waals surface area contributed by atoms with E-state index in [2.05, 4.69) is 44.0 Å². The number of rotatable bonds is 0. The molecule has 78 valence electrons. The summed E-state index contributed by atoms with van der Waals surface area (Å²) in [6.45, 7) is 0. The van der Waals surface area contributed by atoms with E-state index in [9.17, 15) is 0 Å². The summed E-state index contributed by atoms with van der Waals surface area (Å²) in [5.74, 6) is 0. The fourth-order valence-electron chi connectivity index (χ4n) is 1.92. The molecule has 0 amide bonds. The zero-order chi connectivity index (χ0) is 9.42. The van der Waals surface area contributed by atoms with Gasteiger partial charge in [-0.2, -0.15) is 0 Å². The molecule has 1 atom stereocenters. The molecule has 2 rings (SSSR count). The molecule has 4 heteroatoms. The Kier molecular flexibility index (Phi) is 4.44. The lowest BCUT2D eigenvalue weighted by atomic mass is 9.88. The molecule has 0 radical (unpaired) electrons. The van der Waals surface area contributed by atoms with Crippen LogP contribution in [0.4, 0.5) is 0 Å². The maximum Gasteiger partial charge on any atom is 0.0308 e. The molecule has 14 heavy (non-hydrogen) atoms. The van der Waals surface area contributed by atoms with Gasteiger partial charge < -0.3 is 5.73 Å². The zero-order valence-electron chi connectivity index (χ0n) is 7.59. The number of fused-ring (bicyclic) bond motifs is 1. The molecule has 1 aromatic carbocycles. The van der Waals surface area contributed by atoms with Gasteiger partial charge in [0.15, 0.2) is 0 Å². The summed E-state index contributed by atoms with van der Waals surface area (Å²) in [6, 6.07) is 4.47. The first kappa shape index (κ1) is 12.5. The van der Waals surface area contributed by atoms with Crippen molar-refractivity contribution in [2.45, 2.75) is 25.3 Å². The third kappa shape index (κ3) is 2.32. The molecule has 0 heterocycles. The molecule has 0 fully saturated rings. The van der Waals surface area contributed by atoms with E-state index in [0.29, 0.717) is 0 Å². The van der Waals surface area contributed by atoms with Crippen LogP contribution in [0.1, 0.15) is 30.0 Å². The molecule has 0 saturated carbocycles. The SMILES string of the molecule is Cl.NC1CCCc2cc(Br)cc(Br)c21. The predicted octanol–water partition coefficient (Wildman–Crippen LogP) is 3.97. The monoisotopic (exact) mass is 339 g/mol. The van der Waals surface area contributed by atoms with Crippen molar-refractivity contribution in [2.75, 3.05) is 0 Å². The van der Waals surface area contributed by atoms with Crippen molar-refractivity contribution in [1.82, 2.24) is 0 Å². The number of hydrogen-bond donors (Lipinski definition) is 1. The van der Waals surface area contributed by atoms with E-state index in [1.807, 2.05) is 0 Å². The number of halogens is 3. The molecule has 1 aliphatic rings. The van der Waals surface area contributed by atoms with Crippen LogP contribution < -0.4 is 5.73 Å². The molecule has 0 spiro atoms. The Hall–Kier alpha value is 0.430. The van der Waals surface area contributed by atoms with Crippen LogP contribution in [0, 0.1) is 0 Å². The Balaban J connectivity index is 0.000000980. The molecular weight excluding hydrogens is 329 g/mol. The topological polar surface area (TPSA) is 26.0 Å². The highest BCUT2D eigenvalue weighted by atomic mass is 79.9. The molecule has 1 unspecified atom stereocenters. The first-order valence-electron chi connectivity index (χ1n) is 4.42. The van der Waals surface area contributed by atoms with Gasteiger partial charge in [-0.15, -0.1) is 12.4 Å². The van der Waals surface area contributed by atoms with Gasteiger partial charge in [0, 0.05) is 15.0 Å². The summed E-state index contributed by atoms with van der Waals surface area (Å²) in [5, 5.41) is 0. The van der Waals surface area contributed by atoms with Crippen molar-refractivity contribution in [3.63, 3.8) is 0 Å². The van der Waals surface area contributed by atoms with Crippen LogP contribution in [0.2, 0.25) is 0 Å². The van der Waals surface area contributed by atoms with Crippen molar-refractivity contribution in [1.29, 1.82) is 0 Å². The largest absolute Gasteiger partial charge is 0.324 e. The minimum Gasteiger partial charge on any atom is -0.324 e. The number of aryl methyl sites for hydroxylation is 1. The van der Waals surface area contributed by atoms with E-state index < -0.39 is 0 Å². The quantitative estimate of drug-likeness (QED) is 0.759. The molecule has 0 aromatic heterocycles. The molecule has 1 nitrogen and oxygen atoms in total. The smallest absolute Gasteiger partial charge is 0.0308 e. The molecule has 1 aromatic rings. The van der Waals surface area contributed by atoms with E-state index in [0.717, 1.165) is 21.8 Å². The van der Waals surface area contributed by atoms with E-state index in [1.165, 1.54) is 17.5 Å². The number of benzene rings is 1. The van der Waals surface area contributed by atoms with Crippen LogP contribution in [-0.2, 0) is 6.42 Å². The summed E-state index contributed by atoms with van der Waals surface area (Å²) in [7, 11) is 0. The number of hydrogen-bond acceptors (Lipinski definition) is 1. The summed E-state index contributed by atoms with van der Waals surface area (Å²) in [4.78, 5) is 0. The Morgan fingerprint density at radius 3 is 2.71 bits per heavy atom. The van der Waals surface area contributed by atoms with Gasteiger partial charge in [-0.25, -0.2) is 0 Å². The third-order valence-electron chi connectivity index (χ3n) is 2.51. The fraction of sp³-hybridized carbons (Fsp3) is 0.400. The molecule has 1 aliphatic carbocycles. The van der Waals surface area contributed by atoms with Crippen molar-refractivity contribution in [3.8, 4) is 0 Å². The van der Waals surface area contributed by atoms with Crippen molar-refractivity contribution in [2.24, 2.45) is 5.73 Å². The minimum atomic E-state index is 0. The lowest BCUT2D eigenvalue weighted by molar-refractivity contribution is 0.568. The molecule has 0 saturated heterocycles. The van der Waals surface area contributed by atoms with Gasteiger partial charge in [0.1, 0.15) is 0 Å². The standard InChI is InChI=1S/C10H11Br2N.ClH/c11-7-4-6-2-1-3-9(13)10(6)8(12)5-7;/h4-5,9H,1-3,13H2;1H. The first-order chi connectivity index (χ1) is 6.18. The molecule has 2 N–H and O–H groups in total. The van der Waals surface area contributed by atoms with Gasteiger partial charge in [-0.3, -0.25) is 0 Å². The minimum absolute atomic E-state index is 0. The summed E-state index contributed by atoms with van der Waals surface area (Å²) < 4.78 is 2.27. The van der Waals surface area contributed by atoms with E-state index in [-0.39, 0.29) is 18.4 Å². The fourth-order valence-corrected chi connectivity index (χ4v) is 3.52. The summed E-state index contributed by atoms with van der Waals surface area (Å²) in [5.41, 5.74) is 8.74. The van der Waals surface area contributed by atoms with Crippen molar-refractivity contribution >= 4 is 44.3 Å². The zero-order valence-corrected chi connectivity index (χ0v) is 11.6. The van der Waals surface area contributed by atoms with E-state index >= 15 is 0 Å². The summed E-state index contributed by atoms with van der Waals surface area (Å²) >= 11 is 7.05. The second-order valence-electron chi connectivity index (χ2n) is 3.46. The normalized spacial score (nSPS) is 19.8. The van der Waals surface area contributed by atoms with Crippen LogP contribution in [0.3, 0.4) is 0 Å². The molecule has 0 aliphatic heterocycles. The highest BCUT2D eigenvalue weighted by Crippen LogP contribution is 2.35. The maximum atomic E-state index is 6.05. The average Bonchev–Trinajstić information content (AvgIpc) is 2.02. The Morgan fingerprint density at radius 2 is 2.00 bits per heavy atom. The van der Waals surface area contributed by atoms with Crippen molar-refractivity contribution < 1.29 is 0 Å². The second kappa shape index (κ2) is 4.97. The lowest BCUT2D eigenvalue weighted by Gasteiger charge is -2.23. The van der Waals surface area contributed by atoms with E-state index in [4.69, 9.17) is 5.73 Å². The van der Waals surface area contributed by atoms with Crippen LogP contribution in [-0.4, -0.2) is 0 Å². The third-order valence-corrected chi connectivity index (χ3v) is 3.63. The van der Waals surface area contributed by atoms with Gasteiger partial charge in [0.25, 0.3) is 0 Å². The average molecular weight is 341 g/mol. The first-order valence-corrected chi connectivity index (χ1v) is 6.00. The number of nitrogens with two attached hydrogens (primary N) is 1. The highest BCUT2D eigenvalue weighted by molar-refractivity contribution is 9.11. The molecule has 0 bridgehead atoms. The van der Waals surface area contributed by atoms with Gasteiger partial charge in [0.2, 0.25) is 0 Å². The van der Waals surface area contributed by atoms with Gasteiger partial charge >= 0.3 is 0 Å². The Morgan fingerprint density at radius 1 is 1.29 bits per heavy atom. The second-order valence-corrected chi connectivity index (χ2v) is 5.23. The maximum absolute atomic E-state index is 6.05. The van der Waals surface area contributed by atoms with Gasteiger partial charge in [-0.1, -0.05) is 31.9 Å². The predicted molar refractivity (Wildman–Crippen MR) is 69.0 cm³/mol. The van der Waals surface area contributed by atoms with Gasteiger partial charge in [0.05, 0.1) is 0 Å². The van der Waals surface area contributed by atoms with Crippen molar-refractivity contribution in [3.05, 3.63) is 32.2 Å². The van der Waals surface area contributed by atoms with Crippen LogP contribution in [0.25, 0.3) is 0 Å². The van der Waals surface area contributed by atoms with Crippen LogP contribution in [0.15, 0.2) is 21.1 Å².